The van der Waals surface area contributed by atoms with E-state index in [9.17, 15) is 9.59 Å². The second kappa shape index (κ2) is 9.77. The molecular weight excluding hydrogens is 388 g/mol. The van der Waals surface area contributed by atoms with Gasteiger partial charge in [-0.25, -0.2) is 4.98 Å². The number of fused-ring (bicyclic) bond motifs is 1. The normalized spacial score (nSPS) is 16.4. The van der Waals surface area contributed by atoms with E-state index in [4.69, 9.17) is 4.98 Å². The zero-order valence-electron chi connectivity index (χ0n) is 18.1. The molecule has 0 radical (unpaired) electrons. The van der Waals surface area contributed by atoms with Crippen LogP contribution < -0.4 is 15.8 Å². The second-order valence-corrected chi connectivity index (χ2v) is 8.23. The number of piperidine rings is 1. The molecule has 31 heavy (non-hydrogen) atoms. The van der Waals surface area contributed by atoms with Gasteiger partial charge < -0.3 is 10.2 Å². The van der Waals surface area contributed by atoms with Crippen molar-refractivity contribution in [2.45, 2.75) is 39.2 Å². The van der Waals surface area contributed by atoms with Crippen molar-refractivity contribution in [2.24, 2.45) is 5.92 Å². The molecule has 0 saturated carbocycles. The molecule has 1 aliphatic rings. The fourth-order valence-electron chi connectivity index (χ4n) is 4.22. The lowest BCUT2D eigenvalue weighted by atomic mass is 9.97. The summed E-state index contributed by atoms with van der Waals surface area (Å²) >= 11 is 0. The van der Waals surface area contributed by atoms with E-state index < -0.39 is 0 Å². The Bertz CT molecular complexity index is 1090. The van der Waals surface area contributed by atoms with Gasteiger partial charge in [-0.3, -0.25) is 14.2 Å². The van der Waals surface area contributed by atoms with Gasteiger partial charge in [0.15, 0.2) is 5.82 Å². The summed E-state index contributed by atoms with van der Waals surface area (Å²) in [5.74, 6) is 0.421. The molecule has 6 nitrogen and oxygen atoms in total. The summed E-state index contributed by atoms with van der Waals surface area (Å²) in [6.07, 6.45) is 3.76. The Labute approximate surface area is 182 Å². The molecule has 3 aromatic rings. The monoisotopic (exact) mass is 418 g/mol. The lowest BCUT2D eigenvalue weighted by Gasteiger charge is -2.32. The van der Waals surface area contributed by atoms with Crippen LogP contribution >= 0.6 is 0 Å². The smallest absolute Gasteiger partial charge is 0.294 e. The third-order valence-electron chi connectivity index (χ3n) is 5.94. The minimum Gasteiger partial charge on any atom is -0.356 e. The van der Waals surface area contributed by atoms with Crippen LogP contribution in [0.5, 0.6) is 0 Å². The molecule has 0 unspecified atom stereocenters. The molecule has 1 aliphatic heterocycles. The van der Waals surface area contributed by atoms with Crippen LogP contribution in [0.15, 0.2) is 59.4 Å². The molecule has 2 heterocycles. The van der Waals surface area contributed by atoms with Gasteiger partial charge in [-0.15, -0.1) is 0 Å². The average Bonchev–Trinajstić information content (AvgIpc) is 2.81. The van der Waals surface area contributed by atoms with Gasteiger partial charge in [0.2, 0.25) is 5.91 Å². The zero-order chi connectivity index (χ0) is 21.6. The number of nitrogens with zero attached hydrogens (tertiary/aromatic N) is 3. The summed E-state index contributed by atoms with van der Waals surface area (Å²) in [7, 11) is 0. The molecule has 1 saturated heterocycles. The van der Waals surface area contributed by atoms with Gasteiger partial charge in [0.05, 0.1) is 23.5 Å². The molecule has 4 rings (SSSR count). The van der Waals surface area contributed by atoms with Crippen LogP contribution in [-0.2, 0) is 11.3 Å². The molecule has 0 bridgehead atoms. The maximum absolute atomic E-state index is 13.5. The highest BCUT2D eigenvalue weighted by atomic mass is 16.2. The molecule has 1 fully saturated rings. The van der Waals surface area contributed by atoms with Crippen LogP contribution in [0.2, 0.25) is 0 Å². The third-order valence-corrected chi connectivity index (χ3v) is 5.94. The maximum atomic E-state index is 13.5. The highest BCUT2D eigenvalue weighted by molar-refractivity contribution is 5.80. The molecular formula is C25H30N4O2. The minimum absolute atomic E-state index is 0.0866. The Balaban J connectivity index is 1.65. The molecule has 1 N–H and O–H groups in total. The van der Waals surface area contributed by atoms with E-state index in [1.54, 1.807) is 4.57 Å². The van der Waals surface area contributed by atoms with Crippen molar-refractivity contribution in [3.8, 4) is 0 Å². The molecule has 1 aromatic heterocycles. The minimum atomic E-state index is -0.110. The molecule has 1 atom stereocenters. The molecule has 0 spiro atoms. The highest BCUT2D eigenvalue weighted by Gasteiger charge is 2.28. The lowest BCUT2D eigenvalue weighted by molar-refractivity contribution is -0.125. The SMILES string of the molecule is CCCCNC(=O)[C@H]1CCCN(c2nc3ccccc3n(Cc3ccccc3)c2=O)C1. The Morgan fingerprint density at radius 3 is 2.71 bits per heavy atom. The van der Waals surface area contributed by atoms with Gasteiger partial charge in [0.25, 0.3) is 5.56 Å². The Kier molecular flexibility index (Phi) is 6.65. The van der Waals surface area contributed by atoms with E-state index in [1.165, 1.54) is 0 Å². The third kappa shape index (κ3) is 4.79. The highest BCUT2D eigenvalue weighted by Crippen LogP contribution is 2.22. The maximum Gasteiger partial charge on any atom is 0.294 e. The van der Waals surface area contributed by atoms with E-state index in [0.29, 0.717) is 25.5 Å². The fourth-order valence-corrected chi connectivity index (χ4v) is 4.22. The van der Waals surface area contributed by atoms with Gasteiger partial charge in [0.1, 0.15) is 0 Å². The Hall–Kier alpha value is -3.15. The van der Waals surface area contributed by atoms with Crippen molar-refractivity contribution in [1.82, 2.24) is 14.9 Å². The molecule has 6 heteroatoms. The molecule has 0 aliphatic carbocycles. The first-order chi connectivity index (χ1) is 15.2. The van der Waals surface area contributed by atoms with E-state index in [0.717, 1.165) is 48.8 Å². The zero-order valence-corrected chi connectivity index (χ0v) is 18.1. The average molecular weight is 419 g/mol. The number of carbonyl (C=O) groups is 1. The number of unbranched alkanes of at least 4 members (excludes halogenated alkanes) is 1. The van der Waals surface area contributed by atoms with E-state index in [2.05, 4.69) is 12.2 Å². The summed E-state index contributed by atoms with van der Waals surface area (Å²) in [4.78, 5) is 32.9. The van der Waals surface area contributed by atoms with Crippen LogP contribution in [0.25, 0.3) is 11.0 Å². The van der Waals surface area contributed by atoms with Crippen molar-refractivity contribution in [2.75, 3.05) is 24.5 Å². The first kappa shape index (κ1) is 21.1. The van der Waals surface area contributed by atoms with Crippen LogP contribution in [0, 0.1) is 5.92 Å². The number of benzene rings is 2. The lowest BCUT2D eigenvalue weighted by Crippen LogP contribution is -2.45. The van der Waals surface area contributed by atoms with Gasteiger partial charge in [0, 0.05) is 19.6 Å². The summed E-state index contributed by atoms with van der Waals surface area (Å²) in [6.45, 7) is 4.59. The predicted octanol–water partition coefficient (Wildman–Crippen LogP) is 3.58. The number of hydrogen-bond acceptors (Lipinski definition) is 4. The summed E-state index contributed by atoms with van der Waals surface area (Å²) in [6, 6.07) is 17.8. The predicted molar refractivity (Wildman–Crippen MR) is 124 cm³/mol. The van der Waals surface area contributed by atoms with Crippen molar-refractivity contribution in [3.63, 3.8) is 0 Å². The van der Waals surface area contributed by atoms with Crippen molar-refractivity contribution >= 4 is 22.8 Å². The number of hydrogen-bond donors (Lipinski definition) is 1. The van der Waals surface area contributed by atoms with E-state index in [-0.39, 0.29) is 17.4 Å². The number of nitrogens with one attached hydrogen (secondary N) is 1. The first-order valence-electron chi connectivity index (χ1n) is 11.2. The Morgan fingerprint density at radius 1 is 1.13 bits per heavy atom. The fraction of sp³-hybridized carbons (Fsp3) is 0.400. The van der Waals surface area contributed by atoms with Crippen molar-refractivity contribution in [3.05, 3.63) is 70.5 Å². The van der Waals surface area contributed by atoms with Crippen molar-refractivity contribution in [1.29, 1.82) is 0 Å². The topological polar surface area (TPSA) is 67.2 Å². The van der Waals surface area contributed by atoms with Gasteiger partial charge in [-0.05, 0) is 37.0 Å². The molecule has 162 valence electrons. The van der Waals surface area contributed by atoms with Crippen LogP contribution in [0.4, 0.5) is 5.82 Å². The van der Waals surface area contributed by atoms with Gasteiger partial charge in [-0.2, -0.15) is 0 Å². The standard InChI is InChI=1S/C25H30N4O2/c1-2-3-15-26-24(30)20-12-9-16-28(18-20)23-25(31)29(17-19-10-5-4-6-11-19)22-14-8-7-13-21(22)27-23/h4-8,10-11,13-14,20H,2-3,9,12,15-18H2,1H3,(H,26,30)/t20-/m0/s1. The number of aromatic nitrogens is 2. The van der Waals surface area contributed by atoms with Gasteiger partial charge in [-0.1, -0.05) is 55.8 Å². The second-order valence-electron chi connectivity index (χ2n) is 8.23. The number of carbonyl (C=O) groups excluding carboxylic acids is 1. The van der Waals surface area contributed by atoms with Crippen LogP contribution in [0.1, 0.15) is 38.2 Å². The first-order valence-corrected chi connectivity index (χ1v) is 11.2. The summed E-state index contributed by atoms with van der Waals surface area (Å²) < 4.78 is 1.80. The van der Waals surface area contributed by atoms with E-state index in [1.807, 2.05) is 59.5 Å². The Morgan fingerprint density at radius 2 is 1.90 bits per heavy atom. The van der Waals surface area contributed by atoms with Crippen LogP contribution in [0.3, 0.4) is 0 Å². The largest absolute Gasteiger partial charge is 0.356 e. The number of rotatable bonds is 7. The quantitative estimate of drug-likeness (QED) is 0.596. The number of amides is 1. The van der Waals surface area contributed by atoms with Crippen LogP contribution in [-0.4, -0.2) is 35.1 Å². The summed E-state index contributed by atoms with van der Waals surface area (Å²) in [5, 5.41) is 3.04. The molecule has 1 amide bonds. The molecule has 2 aromatic carbocycles. The summed E-state index contributed by atoms with van der Waals surface area (Å²) in [5.41, 5.74) is 2.59. The van der Waals surface area contributed by atoms with E-state index >= 15 is 0 Å². The number of para-hydroxylation sites is 2. The number of anilines is 1. The van der Waals surface area contributed by atoms with Crippen molar-refractivity contribution < 1.29 is 4.79 Å². The van der Waals surface area contributed by atoms with Gasteiger partial charge >= 0.3 is 0 Å².